The van der Waals surface area contributed by atoms with Gasteiger partial charge in [-0.25, -0.2) is 9.59 Å². The minimum atomic E-state index is -0.615. The smallest absolute Gasteiger partial charge is 0.306 e. The van der Waals surface area contributed by atoms with Crippen LogP contribution in [0.2, 0.25) is 0 Å². The number of piperidine rings is 2. The van der Waals surface area contributed by atoms with Crippen molar-refractivity contribution in [3.63, 3.8) is 0 Å². The molecule has 6 rings (SSSR count). The zero-order valence-corrected chi connectivity index (χ0v) is 22.9. The van der Waals surface area contributed by atoms with Crippen LogP contribution in [0.4, 0.5) is 0 Å². The second-order valence-corrected chi connectivity index (χ2v) is 10.2. The number of nitrogens with zero attached hydrogens (tertiary/aromatic N) is 3. The van der Waals surface area contributed by atoms with Crippen LogP contribution >= 0.6 is 15.9 Å². The summed E-state index contributed by atoms with van der Waals surface area (Å²) in [5.41, 5.74) is 3.01. The molecular weight excluding hydrogens is 596 g/mol. The molecule has 0 spiro atoms. The van der Waals surface area contributed by atoms with Crippen LogP contribution in [0.15, 0.2) is 58.1 Å². The largest absolute Gasteiger partial charge is 0.329 e. The Morgan fingerprint density at radius 2 is 1.24 bits per heavy atom. The summed E-state index contributed by atoms with van der Waals surface area (Å²) >= 11 is 3.12. The number of imide groups is 2. The van der Waals surface area contributed by atoms with Crippen LogP contribution in [-0.4, -0.2) is 47.1 Å². The van der Waals surface area contributed by atoms with Gasteiger partial charge in [-0.1, -0.05) is 55.0 Å². The summed E-state index contributed by atoms with van der Waals surface area (Å²) in [6.07, 6.45) is 1.68. The number of H-pyrrole nitrogens is 1. The van der Waals surface area contributed by atoms with Gasteiger partial charge in [0.1, 0.15) is 6.04 Å². The first-order valence-electron chi connectivity index (χ1n) is 12.2. The summed E-state index contributed by atoms with van der Waals surface area (Å²) < 4.78 is 4.57. The van der Waals surface area contributed by atoms with Gasteiger partial charge < -0.3 is 4.98 Å². The molecule has 2 fully saturated rings. The van der Waals surface area contributed by atoms with Crippen LogP contribution in [0.5, 0.6) is 0 Å². The van der Waals surface area contributed by atoms with Crippen LogP contribution in [0.25, 0.3) is 22.1 Å². The SMILES string of the molecule is C.C.Cn1c(=O)[nH]c2ccccc21.Cn1c(=O)n(C2CCC(=O)NC2=O)c2ccccc21.O=C1CCC(Br)C(=O)N1. The van der Waals surface area contributed by atoms with Crippen LogP contribution in [0, 0.1) is 0 Å². The highest BCUT2D eigenvalue weighted by Crippen LogP contribution is 2.22. The Morgan fingerprint density at radius 1 is 0.707 bits per heavy atom. The molecule has 2 saturated heterocycles. The first-order chi connectivity index (χ1) is 18.6. The third-order valence-corrected chi connectivity index (χ3v) is 7.37. The summed E-state index contributed by atoms with van der Waals surface area (Å²) in [4.78, 5) is 70.1. The first-order valence-corrected chi connectivity index (χ1v) is 13.1. The Labute approximate surface area is 244 Å². The highest BCUT2D eigenvalue weighted by molar-refractivity contribution is 9.10. The molecule has 2 unspecified atom stereocenters. The molecule has 12 nitrogen and oxygen atoms in total. The number of para-hydroxylation sites is 4. The van der Waals surface area contributed by atoms with Crippen LogP contribution in [0.3, 0.4) is 0 Å². The molecular formula is C28H35BrN6O6. The van der Waals surface area contributed by atoms with Gasteiger partial charge >= 0.3 is 11.4 Å². The van der Waals surface area contributed by atoms with E-state index in [-0.39, 0.29) is 55.2 Å². The fraction of sp³-hybridized carbons (Fsp3) is 0.357. The molecule has 4 aromatic rings. The van der Waals surface area contributed by atoms with Gasteiger partial charge in [0.05, 0.1) is 26.9 Å². The number of rotatable bonds is 1. The molecule has 3 N–H and O–H groups in total. The van der Waals surface area contributed by atoms with Crippen LogP contribution in [-0.2, 0) is 33.3 Å². The van der Waals surface area contributed by atoms with E-state index in [2.05, 4.69) is 31.5 Å². The second-order valence-electron chi connectivity index (χ2n) is 9.09. The van der Waals surface area contributed by atoms with Gasteiger partial charge in [-0.15, -0.1) is 0 Å². The van der Waals surface area contributed by atoms with Crippen molar-refractivity contribution < 1.29 is 19.2 Å². The molecule has 2 atom stereocenters. The van der Waals surface area contributed by atoms with E-state index >= 15 is 0 Å². The summed E-state index contributed by atoms with van der Waals surface area (Å²) in [6, 6.07) is 14.3. The lowest BCUT2D eigenvalue weighted by atomic mass is 10.1. The average molecular weight is 632 g/mol. The lowest BCUT2D eigenvalue weighted by Gasteiger charge is -2.21. The number of imidazole rings is 2. The number of aromatic nitrogens is 4. The molecule has 0 bridgehead atoms. The van der Waals surface area contributed by atoms with Crippen molar-refractivity contribution in [2.75, 3.05) is 0 Å². The number of nitrogens with one attached hydrogen (secondary N) is 3. The minimum Gasteiger partial charge on any atom is -0.306 e. The van der Waals surface area contributed by atoms with E-state index in [1.807, 2.05) is 42.5 Å². The Bertz CT molecular complexity index is 1700. The summed E-state index contributed by atoms with van der Waals surface area (Å²) in [7, 11) is 3.42. The van der Waals surface area contributed by atoms with Crippen molar-refractivity contribution in [2.45, 2.75) is 51.4 Å². The number of benzene rings is 2. The number of carbonyl (C=O) groups is 4. The number of hydrogen-bond donors (Lipinski definition) is 3. The van der Waals surface area contributed by atoms with Crippen molar-refractivity contribution in [3.8, 4) is 0 Å². The normalized spacial score (nSPS) is 18.1. The zero-order valence-electron chi connectivity index (χ0n) is 21.3. The second kappa shape index (κ2) is 13.9. The van der Waals surface area contributed by atoms with E-state index in [4.69, 9.17) is 0 Å². The van der Waals surface area contributed by atoms with Gasteiger partial charge in [-0.05, 0) is 37.1 Å². The van der Waals surface area contributed by atoms with Gasteiger partial charge in [-0.3, -0.25) is 43.5 Å². The fourth-order valence-corrected chi connectivity index (χ4v) is 4.74. The number of amides is 4. The molecule has 0 aliphatic carbocycles. The van der Waals surface area contributed by atoms with Crippen molar-refractivity contribution in [3.05, 3.63) is 69.5 Å². The number of hydrogen-bond acceptors (Lipinski definition) is 6. The summed E-state index contributed by atoms with van der Waals surface area (Å²) in [5, 5.41) is 4.49. The van der Waals surface area contributed by atoms with E-state index in [9.17, 15) is 28.8 Å². The molecule has 2 aliphatic heterocycles. The molecule has 2 aliphatic rings. The minimum absolute atomic E-state index is 0. The van der Waals surface area contributed by atoms with Crippen LogP contribution in [0.1, 0.15) is 46.6 Å². The maximum Gasteiger partial charge on any atom is 0.329 e. The first kappa shape index (κ1) is 32.9. The van der Waals surface area contributed by atoms with Gasteiger partial charge in [0, 0.05) is 26.9 Å². The van der Waals surface area contributed by atoms with E-state index in [1.165, 1.54) is 9.13 Å². The predicted octanol–water partition coefficient (Wildman–Crippen LogP) is 2.64. The van der Waals surface area contributed by atoms with E-state index < -0.39 is 11.9 Å². The van der Waals surface area contributed by atoms with E-state index in [1.54, 1.807) is 24.7 Å². The standard InChI is InChI=1S/C13H13N3O3.C8H8N2O.C5H6BrNO2.2CH4/c1-15-8-4-2-3-5-9(8)16(13(15)19)10-6-7-11(17)14-12(10)18;1-10-7-5-3-2-4-6(7)9-8(10)11;6-3-1-2-4(8)7-5(3)9;;/h2-5,10H,6-7H2,1H3,(H,14,17,18);2-5H,1H3,(H,9,11);3H,1-2H2,(H,7,8,9);2*1H4. The molecule has 2 aromatic heterocycles. The number of alkyl halides is 1. The molecule has 0 radical (unpaired) electrons. The molecule has 41 heavy (non-hydrogen) atoms. The number of carbonyl (C=O) groups excluding carboxylic acids is 4. The maximum atomic E-state index is 12.3. The third-order valence-electron chi connectivity index (χ3n) is 6.50. The molecule has 4 amide bonds. The van der Waals surface area contributed by atoms with Crippen molar-refractivity contribution in [2.24, 2.45) is 14.1 Å². The Kier molecular flexibility index (Phi) is 11.2. The summed E-state index contributed by atoms with van der Waals surface area (Å²) in [6.45, 7) is 0. The number of halogens is 1. The van der Waals surface area contributed by atoms with Crippen molar-refractivity contribution in [1.82, 2.24) is 29.3 Å². The van der Waals surface area contributed by atoms with Crippen LogP contribution < -0.4 is 22.0 Å². The molecule has 0 saturated carbocycles. The Hall–Kier alpha value is -4.26. The molecule has 220 valence electrons. The van der Waals surface area contributed by atoms with Gasteiger partial charge in [-0.2, -0.15) is 0 Å². The van der Waals surface area contributed by atoms with Gasteiger partial charge in [0.2, 0.25) is 23.6 Å². The average Bonchev–Trinajstić information content (AvgIpc) is 3.35. The highest BCUT2D eigenvalue weighted by Gasteiger charge is 2.31. The van der Waals surface area contributed by atoms with Crippen molar-refractivity contribution in [1.29, 1.82) is 0 Å². The number of aryl methyl sites for hydroxylation is 2. The monoisotopic (exact) mass is 630 g/mol. The number of fused-ring (bicyclic) bond motifs is 2. The maximum absolute atomic E-state index is 12.3. The zero-order chi connectivity index (χ0) is 28.3. The fourth-order valence-electron chi connectivity index (χ4n) is 4.40. The van der Waals surface area contributed by atoms with Crippen molar-refractivity contribution >= 4 is 61.6 Å². The molecule has 2 aromatic carbocycles. The number of aromatic amines is 1. The lowest BCUT2D eigenvalue weighted by Crippen LogP contribution is -2.44. The molecule has 4 heterocycles. The predicted molar refractivity (Wildman–Crippen MR) is 161 cm³/mol. The Morgan fingerprint density at radius 3 is 1.80 bits per heavy atom. The molecule has 13 heteroatoms. The lowest BCUT2D eigenvalue weighted by molar-refractivity contribution is -0.136. The van der Waals surface area contributed by atoms with Gasteiger partial charge in [0.25, 0.3) is 0 Å². The highest BCUT2D eigenvalue weighted by atomic mass is 79.9. The van der Waals surface area contributed by atoms with Gasteiger partial charge in [0.15, 0.2) is 0 Å². The topological polar surface area (TPSA) is 157 Å². The summed E-state index contributed by atoms with van der Waals surface area (Å²) in [5.74, 6) is -1.08. The van der Waals surface area contributed by atoms with E-state index in [0.717, 1.165) is 16.6 Å². The quantitative estimate of drug-likeness (QED) is 0.217. The Balaban J connectivity index is 0.000000229. The van der Waals surface area contributed by atoms with E-state index in [0.29, 0.717) is 24.8 Å². The third kappa shape index (κ3) is 7.09.